The van der Waals surface area contributed by atoms with Crippen molar-refractivity contribution in [1.29, 1.82) is 0 Å². The molecule has 0 saturated carbocycles. The van der Waals surface area contributed by atoms with E-state index in [1.807, 2.05) is 0 Å². The van der Waals surface area contributed by atoms with E-state index in [1.165, 1.54) is 0 Å². The summed E-state index contributed by atoms with van der Waals surface area (Å²) in [4.78, 5) is 21.8. The number of halogens is 2. The Hall–Kier alpha value is -0.520. The van der Waals surface area contributed by atoms with E-state index >= 15 is 0 Å². The molecule has 0 unspecified atom stereocenters. The highest BCUT2D eigenvalue weighted by Crippen LogP contribution is 2.48. The molecule has 2 heterocycles. The molecule has 0 radical (unpaired) electrons. The monoisotopic (exact) mass is 254 g/mol. The summed E-state index contributed by atoms with van der Waals surface area (Å²) in [5.74, 6) is -4.62. The lowest BCUT2D eigenvalue weighted by molar-refractivity contribution is -0.153. The average Bonchev–Trinajstić information content (AvgIpc) is 2.64. The summed E-state index contributed by atoms with van der Waals surface area (Å²) in [5, 5.41) is 16.5. The highest BCUT2D eigenvalue weighted by atomic mass is 35.5. The van der Waals surface area contributed by atoms with Gasteiger partial charge in [0, 0.05) is 0 Å². The molecule has 0 aromatic carbocycles. The Morgan fingerprint density at radius 2 is 1.27 bits per heavy atom. The van der Waals surface area contributed by atoms with Crippen LogP contribution in [0.4, 0.5) is 0 Å². The Balaban J connectivity index is 2.32. The van der Waals surface area contributed by atoms with Gasteiger partial charge in [0.05, 0.1) is 23.0 Å². The number of carboxylic acids is 2. The van der Waals surface area contributed by atoms with Crippen molar-refractivity contribution < 1.29 is 24.5 Å². The first-order valence-corrected chi connectivity index (χ1v) is 5.21. The summed E-state index contributed by atoms with van der Waals surface area (Å²) >= 11 is 11.7. The maximum atomic E-state index is 10.9. The van der Waals surface area contributed by atoms with Crippen molar-refractivity contribution in [2.75, 3.05) is 0 Å². The van der Waals surface area contributed by atoms with Crippen LogP contribution in [-0.4, -0.2) is 45.1 Å². The summed E-state index contributed by atoms with van der Waals surface area (Å²) < 4.78 is 5.22. The van der Waals surface area contributed by atoms with E-state index in [0.29, 0.717) is 0 Å². The van der Waals surface area contributed by atoms with E-state index in [4.69, 9.17) is 38.2 Å². The SMILES string of the molecule is O=C(O)[C@@H]1[C@H]2O[C@@H]([C@@H](Cl)[C@H]2Cl)[C@@H]1C(=O)O. The number of aliphatic carboxylic acids is 2. The van der Waals surface area contributed by atoms with Gasteiger partial charge in [0.1, 0.15) is 11.8 Å². The van der Waals surface area contributed by atoms with Gasteiger partial charge < -0.3 is 14.9 Å². The number of rotatable bonds is 2. The van der Waals surface area contributed by atoms with Gasteiger partial charge in [0.2, 0.25) is 0 Å². The number of alkyl halides is 2. The molecular formula is C8H8Cl2O5. The number of carbonyl (C=O) groups is 2. The molecule has 2 bridgehead atoms. The first-order chi connectivity index (χ1) is 6.95. The van der Waals surface area contributed by atoms with Gasteiger partial charge in [-0.2, -0.15) is 0 Å². The minimum absolute atomic E-state index is 0.645. The largest absolute Gasteiger partial charge is 0.481 e. The van der Waals surface area contributed by atoms with Crippen molar-refractivity contribution in [1.82, 2.24) is 0 Å². The fraction of sp³-hybridized carbons (Fsp3) is 0.750. The number of hydrogen-bond acceptors (Lipinski definition) is 3. The van der Waals surface area contributed by atoms with Gasteiger partial charge in [0.15, 0.2) is 0 Å². The number of fused-ring (bicyclic) bond motifs is 2. The summed E-state index contributed by atoms with van der Waals surface area (Å²) in [5.41, 5.74) is 0. The van der Waals surface area contributed by atoms with Crippen molar-refractivity contribution in [3.63, 3.8) is 0 Å². The molecule has 0 aliphatic carbocycles. The summed E-state index contributed by atoms with van der Waals surface area (Å²) in [6.45, 7) is 0. The third-order valence-corrected chi connectivity index (χ3v) is 4.08. The van der Waals surface area contributed by atoms with Crippen molar-refractivity contribution in [3.05, 3.63) is 0 Å². The zero-order valence-corrected chi connectivity index (χ0v) is 8.85. The lowest BCUT2D eigenvalue weighted by Gasteiger charge is -2.27. The van der Waals surface area contributed by atoms with Crippen molar-refractivity contribution in [2.45, 2.75) is 23.0 Å². The molecule has 0 amide bonds. The predicted molar refractivity (Wildman–Crippen MR) is 50.2 cm³/mol. The van der Waals surface area contributed by atoms with Gasteiger partial charge >= 0.3 is 11.9 Å². The summed E-state index contributed by atoms with van der Waals surface area (Å²) in [7, 11) is 0. The van der Waals surface area contributed by atoms with Crippen LogP contribution in [0.25, 0.3) is 0 Å². The Morgan fingerprint density at radius 1 is 0.933 bits per heavy atom. The van der Waals surface area contributed by atoms with Gasteiger partial charge in [0.25, 0.3) is 0 Å². The molecule has 0 spiro atoms. The Morgan fingerprint density at radius 3 is 1.53 bits per heavy atom. The highest BCUT2D eigenvalue weighted by molar-refractivity contribution is 6.31. The van der Waals surface area contributed by atoms with Gasteiger partial charge in [-0.15, -0.1) is 23.2 Å². The molecule has 2 saturated heterocycles. The molecule has 2 aliphatic heterocycles. The second kappa shape index (κ2) is 3.50. The molecule has 15 heavy (non-hydrogen) atoms. The Labute approximate surface area is 94.9 Å². The third-order valence-electron chi connectivity index (χ3n) is 2.91. The van der Waals surface area contributed by atoms with Gasteiger partial charge in [-0.3, -0.25) is 9.59 Å². The third kappa shape index (κ3) is 1.41. The second-order valence-electron chi connectivity index (χ2n) is 3.68. The fourth-order valence-electron chi connectivity index (χ4n) is 2.26. The van der Waals surface area contributed by atoms with Crippen LogP contribution in [-0.2, 0) is 14.3 Å². The number of carboxylic acid groups (broad SMARTS) is 2. The normalized spacial score (nSPS) is 48.1. The van der Waals surface area contributed by atoms with E-state index in [2.05, 4.69) is 0 Å². The molecular weight excluding hydrogens is 247 g/mol. The van der Waals surface area contributed by atoms with E-state index in [9.17, 15) is 9.59 Å². The highest BCUT2D eigenvalue weighted by Gasteiger charge is 2.63. The Bertz CT molecular complexity index is 290. The first-order valence-electron chi connectivity index (χ1n) is 4.34. The van der Waals surface area contributed by atoms with Crippen molar-refractivity contribution >= 4 is 35.1 Å². The van der Waals surface area contributed by atoms with E-state index in [-0.39, 0.29) is 0 Å². The van der Waals surface area contributed by atoms with Gasteiger partial charge in [-0.25, -0.2) is 0 Å². The smallest absolute Gasteiger partial charge is 0.310 e. The molecule has 2 aliphatic rings. The van der Waals surface area contributed by atoms with Gasteiger partial charge in [-0.05, 0) is 0 Å². The standard InChI is InChI=1S/C8H8Cl2O5/c9-3-4(10)6-2(8(13)14)1(7(11)12)5(3)15-6/h1-6H,(H,11,12)(H,13,14)/t1-,2+,3+,4-,5-,6-/m1/s1. The van der Waals surface area contributed by atoms with E-state index in [0.717, 1.165) is 0 Å². The van der Waals surface area contributed by atoms with Crippen molar-refractivity contribution in [3.8, 4) is 0 Å². The van der Waals surface area contributed by atoms with Crippen LogP contribution in [0, 0.1) is 11.8 Å². The molecule has 7 heteroatoms. The zero-order valence-electron chi connectivity index (χ0n) is 7.34. The molecule has 2 N–H and O–H groups in total. The Kier molecular flexibility index (Phi) is 2.56. The first kappa shape index (κ1) is 11.0. The quantitative estimate of drug-likeness (QED) is 0.697. The van der Waals surface area contributed by atoms with E-state index < -0.39 is 46.7 Å². The van der Waals surface area contributed by atoms with Crippen molar-refractivity contribution in [2.24, 2.45) is 11.8 Å². The molecule has 0 aromatic rings. The molecule has 5 nitrogen and oxygen atoms in total. The van der Waals surface area contributed by atoms with Crippen LogP contribution in [0.1, 0.15) is 0 Å². The molecule has 2 fully saturated rings. The van der Waals surface area contributed by atoms with Crippen LogP contribution < -0.4 is 0 Å². The lowest BCUT2D eigenvalue weighted by atomic mass is 9.79. The average molecular weight is 255 g/mol. The van der Waals surface area contributed by atoms with Crippen LogP contribution in [0.15, 0.2) is 0 Å². The van der Waals surface area contributed by atoms with Crippen LogP contribution in [0.5, 0.6) is 0 Å². The molecule has 6 atom stereocenters. The predicted octanol–water partition coefficient (Wildman–Crippen LogP) is 0.384. The molecule has 2 rings (SSSR count). The second-order valence-corrected chi connectivity index (χ2v) is 4.69. The minimum Gasteiger partial charge on any atom is -0.481 e. The minimum atomic E-state index is -1.20. The van der Waals surface area contributed by atoms with Gasteiger partial charge in [-0.1, -0.05) is 0 Å². The van der Waals surface area contributed by atoms with E-state index in [1.54, 1.807) is 0 Å². The summed E-state index contributed by atoms with van der Waals surface area (Å²) in [6, 6.07) is 0. The van der Waals surface area contributed by atoms with Crippen LogP contribution in [0.2, 0.25) is 0 Å². The zero-order chi connectivity index (χ0) is 11.3. The summed E-state index contributed by atoms with van der Waals surface area (Å²) in [6.07, 6.45) is -1.62. The molecule has 0 aromatic heterocycles. The van der Waals surface area contributed by atoms with Crippen LogP contribution in [0.3, 0.4) is 0 Å². The maximum absolute atomic E-state index is 10.9. The maximum Gasteiger partial charge on any atom is 0.310 e. The number of hydrogen-bond donors (Lipinski definition) is 2. The number of ether oxygens (including phenoxy) is 1. The van der Waals surface area contributed by atoms with Crippen LogP contribution >= 0.6 is 23.2 Å². The topological polar surface area (TPSA) is 83.8 Å². The molecule has 84 valence electrons. The lowest BCUT2D eigenvalue weighted by Crippen LogP contribution is -2.47. The fourth-order valence-corrected chi connectivity index (χ4v) is 2.98.